The number of nitrogens with one attached hydrogen (secondary N) is 1. The molecule has 0 saturated heterocycles. The number of hydrogen-bond donors (Lipinski definition) is 1. The number of halogens is 1. The predicted molar refractivity (Wildman–Crippen MR) is 124 cm³/mol. The highest BCUT2D eigenvalue weighted by molar-refractivity contribution is 7.22. The Bertz CT molecular complexity index is 1140. The van der Waals surface area contributed by atoms with E-state index in [-0.39, 0.29) is 0 Å². The van der Waals surface area contributed by atoms with Crippen molar-refractivity contribution in [3.63, 3.8) is 0 Å². The summed E-state index contributed by atoms with van der Waals surface area (Å²) in [5.41, 5.74) is 5.84. The molecule has 3 aromatic carbocycles. The Labute approximate surface area is 183 Å². The first-order valence-corrected chi connectivity index (χ1v) is 10.7. The van der Waals surface area contributed by atoms with Gasteiger partial charge in [0.1, 0.15) is 6.61 Å². The van der Waals surface area contributed by atoms with Crippen LogP contribution in [-0.4, -0.2) is 17.8 Å². The van der Waals surface area contributed by atoms with Gasteiger partial charge in [-0.05, 0) is 60.5 Å². The zero-order valence-electron chi connectivity index (χ0n) is 16.3. The van der Waals surface area contributed by atoms with Crippen LogP contribution in [0.5, 0.6) is 11.5 Å². The first-order valence-electron chi connectivity index (χ1n) is 9.50. The van der Waals surface area contributed by atoms with E-state index in [1.807, 2.05) is 73.7 Å². The second-order valence-electron chi connectivity index (χ2n) is 6.41. The molecule has 0 radical (unpaired) electrons. The molecule has 0 unspecified atom stereocenters. The Hall–Kier alpha value is -3.09. The third-order valence-electron chi connectivity index (χ3n) is 4.22. The molecular formula is C23H20ClN3O2S. The van der Waals surface area contributed by atoms with Crippen molar-refractivity contribution >= 4 is 44.5 Å². The van der Waals surface area contributed by atoms with Crippen molar-refractivity contribution in [1.82, 2.24) is 4.98 Å². The molecule has 0 spiro atoms. The third-order valence-corrected chi connectivity index (χ3v) is 5.39. The van der Waals surface area contributed by atoms with Gasteiger partial charge in [0.15, 0.2) is 11.5 Å². The maximum Gasteiger partial charge on any atom is 0.204 e. The van der Waals surface area contributed by atoms with E-state index in [2.05, 4.69) is 15.5 Å². The quantitative estimate of drug-likeness (QED) is 0.257. The van der Waals surface area contributed by atoms with Gasteiger partial charge in [-0.3, -0.25) is 5.43 Å². The number of nitrogens with zero attached hydrogens (tertiary/aromatic N) is 2. The molecular weight excluding hydrogens is 418 g/mol. The van der Waals surface area contributed by atoms with Crippen LogP contribution in [0, 0.1) is 0 Å². The standard InChI is InChI=1S/C23H20ClN3O2S/c1-2-28-21-13-16(10-11-20(21)29-15-17-6-5-7-18(24)12-17)14-25-27-23-26-19-8-3-4-9-22(19)30-23/h3-14H,2,15H2,1H3,(H,26,27)/b25-14-. The van der Waals surface area contributed by atoms with Gasteiger partial charge in [0, 0.05) is 5.02 Å². The van der Waals surface area contributed by atoms with Gasteiger partial charge in [-0.25, -0.2) is 4.98 Å². The Morgan fingerprint density at radius 1 is 1.03 bits per heavy atom. The maximum atomic E-state index is 6.04. The minimum Gasteiger partial charge on any atom is -0.490 e. The van der Waals surface area contributed by atoms with E-state index >= 15 is 0 Å². The zero-order valence-corrected chi connectivity index (χ0v) is 17.9. The van der Waals surface area contributed by atoms with E-state index in [4.69, 9.17) is 21.1 Å². The van der Waals surface area contributed by atoms with E-state index in [1.165, 1.54) is 0 Å². The van der Waals surface area contributed by atoms with E-state index in [0.29, 0.717) is 29.7 Å². The number of ether oxygens (including phenoxy) is 2. The first-order chi connectivity index (χ1) is 14.7. The fourth-order valence-electron chi connectivity index (χ4n) is 2.86. The second-order valence-corrected chi connectivity index (χ2v) is 7.88. The lowest BCUT2D eigenvalue weighted by Gasteiger charge is -2.12. The van der Waals surface area contributed by atoms with E-state index < -0.39 is 0 Å². The van der Waals surface area contributed by atoms with Crippen molar-refractivity contribution in [3.8, 4) is 11.5 Å². The molecule has 152 valence electrons. The number of thiazole rings is 1. The number of anilines is 1. The van der Waals surface area contributed by atoms with E-state index in [1.54, 1.807) is 17.6 Å². The molecule has 0 aliphatic carbocycles. The Morgan fingerprint density at radius 2 is 1.93 bits per heavy atom. The van der Waals surface area contributed by atoms with E-state index in [0.717, 1.165) is 26.5 Å². The molecule has 1 N–H and O–H groups in total. The molecule has 4 aromatic rings. The van der Waals surface area contributed by atoms with Gasteiger partial charge in [0.25, 0.3) is 0 Å². The lowest BCUT2D eigenvalue weighted by molar-refractivity contribution is 0.269. The minimum atomic E-state index is 0.410. The lowest BCUT2D eigenvalue weighted by atomic mass is 10.2. The number of fused-ring (bicyclic) bond motifs is 1. The van der Waals surface area contributed by atoms with Gasteiger partial charge in [-0.1, -0.05) is 47.2 Å². The first kappa shape index (κ1) is 20.2. The van der Waals surface area contributed by atoms with Crippen molar-refractivity contribution in [2.24, 2.45) is 5.10 Å². The molecule has 0 amide bonds. The van der Waals surface area contributed by atoms with Gasteiger partial charge < -0.3 is 9.47 Å². The van der Waals surface area contributed by atoms with Crippen LogP contribution in [0.3, 0.4) is 0 Å². The summed E-state index contributed by atoms with van der Waals surface area (Å²) in [4.78, 5) is 4.50. The topological polar surface area (TPSA) is 55.7 Å². The fraction of sp³-hybridized carbons (Fsp3) is 0.130. The highest BCUT2D eigenvalue weighted by Crippen LogP contribution is 2.29. The minimum absolute atomic E-state index is 0.410. The maximum absolute atomic E-state index is 6.04. The number of aromatic nitrogens is 1. The van der Waals surface area contributed by atoms with Crippen molar-refractivity contribution in [3.05, 3.63) is 82.9 Å². The molecule has 0 atom stereocenters. The van der Waals surface area contributed by atoms with Gasteiger partial charge >= 0.3 is 0 Å². The van der Waals surface area contributed by atoms with Crippen molar-refractivity contribution in [2.75, 3.05) is 12.0 Å². The van der Waals surface area contributed by atoms with Crippen LogP contribution in [0.1, 0.15) is 18.1 Å². The highest BCUT2D eigenvalue weighted by Gasteiger charge is 2.07. The van der Waals surface area contributed by atoms with Crippen LogP contribution < -0.4 is 14.9 Å². The van der Waals surface area contributed by atoms with Gasteiger partial charge in [-0.15, -0.1) is 0 Å². The number of hydrogen-bond acceptors (Lipinski definition) is 6. The molecule has 5 nitrogen and oxygen atoms in total. The largest absolute Gasteiger partial charge is 0.490 e. The Morgan fingerprint density at radius 3 is 2.77 bits per heavy atom. The summed E-state index contributed by atoms with van der Waals surface area (Å²) in [6.07, 6.45) is 1.73. The molecule has 7 heteroatoms. The number of para-hydroxylation sites is 1. The monoisotopic (exact) mass is 437 g/mol. The van der Waals surface area contributed by atoms with Crippen LogP contribution >= 0.6 is 22.9 Å². The van der Waals surface area contributed by atoms with Crippen LogP contribution in [0.25, 0.3) is 10.2 Å². The van der Waals surface area contributed by atoms with Crippen LogP contribution in [0.4, 0.5) is 5.13 Å². The number of hydrazone groups is 1. The third kappa shape index (κ3) is 5.09. The summed E-state index contributed by atoms with van der Waals surface area (Å²) in [7, 11) is 0. The van der Waals surface area contributed by atoms with Crippen LogP contribution in [0.15, 0.2) is 71.8 Å². The van der Waals surface area contributed by atoms with Crippen molar-refractivity contribution < 1.29 is 9.47 Å². The normalized spacial score (nSPS) is 11.1. The molecule has 0 saturated carbocycles. The van der Waals surface area contributed by atoms with Crippen LogP contribution in [0.2, 0.25) is 5.02 Å². The summed E-state index contributed by atoms with van der Waals surface area (Å²) >= 11 is 7.60. The molecule has 0 aliphatic rings. The Kier molecular flexibility index (Phi) is 6.47. The molecule has 4 rings (SSSR count). The molecule has 1 heterocycles. The van der Waals surface area contributed by atoms with E-state index in [9.17, 15) is 0 Å². The fourth-order valence-corrected chi connectivity index (χ4v) is 3.89. The molecule has 0 bridgehead atoms. The number of benzene rings is 3. The number of rotatable bonds is 8. The van der Waals surface area contributed by atoms with Gasteiger partial charge in [0.2, 0.25) is 5.13 Å². The van der Waals surface area contributed by atoms with Gasteiger partial charge in [-0.2, -0.15) is 5.10 Å². The van der Waals surface area contributed by atoms with Crippen molar-refractivity contribution in [1.29, 1.82) is 0 Å². The highest BCUT2D eigenvalue weighted by atomic mass is 35.5. The SMILES string of the molecule is CCOc1cc(/C=N\Nc2nc3ccccc3s2)ccc1OCc1cccc(Cl)c1. The predicted octanol–water partition coefficient (Wildman–Crippen LogP) is 6.37. The Balaban J connectivity index is 1.44. The molecule has 0 fully saturated rings. The zero-order chi connectivity index (χ0) is 20.8. The summed E-state index contributed by atoms with van der Waals surface area (Å²) in [5.74, 6) is 1.34. The lowest BCUT2D eigenvalue weighted by Crippen LogP contribution is -2.00. The van der Waals surface area contributed by atoms with Gasteiger partial charge in [0.05, 0.1) is 23.0 Å². The average molecular weight is 438 g/mol. The van der Waals surface area contributed by atoms with Crippen LogP contribution in [-0.2, 0) is 6.61 Å². The smallest absolute Gasteiger partial charge is 0.204 e. The second kappa shape index (κ2) is 9.61. The summed E-state index contributed by atoms with van der Waals surface area (Å²) < 4.78 is 12.8. The summed E-state index contributed by atoms with van der Waals surface area (Å²) in [6, 6.07) is 21.3. The molecule has 0 aliphatic heterocycles. The average Bonchev–Trinajstić information content (AvgIpc) is 3.16. The summed E-state index contributed by atoms with van der Waals surface area (Å²) in [5, 5.41) is 5.74. The van der Waals surface area contributed by atoms with Crippen molar-refractivity contribution in [2.45, 2.75) is 13.5 Å². The summed E-state index contributed by atoms with van der Waals surface area (Å²) in [6.45, 7) is 2.89. The molecule has 30 heavy (non-hydrogen) atoms. The molecule has 1 aromatic heterocycles.